The maximum atomic E-state index is 12.6. The molecular weight excluding hydrogens is 404 g/mol. The first-order valence-electron chi connectivity index (χ1n) is 9.99. The number of nitrogens with zero attached hydrogens (tertiary/aromatic N) is 5. The van der Waals surface area contributed by atoms with Crippen molar-refractivity contribution < 1.29 is 9.59 Å². The number of anilines is 1. The third kappa shape index (κ3) is 5.67. The second-order valence-corrected chi connectivity index (χ2v) is 7.80. The van der Waals surface area contributed by atoms with E-state index in [4.69, 9.17) is 11.6 Å². The lowest BCUT2D eigenvalue weighted by Gasteiger charge is -2.35. The fourth-order valence-electron chi connectivity index (χ4n) is 3.26. The maximum Gasteiger partial charge on any atom is 0.257 e. The summed E-state index contributed by atoms with van der Waals surface area (Å²) in [6.07, 6.45) is 4.07. The highest BCUT2D eigenvalue weighted by molar-refractivity contribution is 6.32. The molecular formula is C21H27ClN6O2. The Morgan fingerprint density at radius 1 is 1.13 bits per heavy atom. The standard InChI is InChI=1S/C21H27ClN6O2/c1-26(2)10-4-9-24-20(29)16-6-7-18(25-15-16)27-11-13-28(14-12-27)21(30)17-5-3-8-23-19(17)22/h3,5-8,15H,4,9-14H2,1-2H3,(H,24,29). The van der Waals surface area contributed by atoms with Gasteiger partial charge >= 0.3 is 0 Å². The highest BCUT2D eigenvalue weighted by atomic mass is 35.5. The number of nitrogens with one attached hydrogen (secondary N) is 1. The third-order valence-electron chi connectivity index (χ3n) is 4.96. The van der Waals surface area contributed by atoms with Crippen LogP contribution in [0.2, 0.25) is 5.15 Å². The molecule has 0 saturated carbocycles. The van der Waals surface area contributed by atoms with Crippen LogP contribution in [0, 0.1) is 0 Å². The topological polar surface area (TPSA) is 81.7 Å². The molecule has 0 bridgehead atoms. The van der Waals surface area contributed by atoms with Crippen molar-refractivity contribution in [1.29, 1.82) is 0 Å². The summed E-state index contributed by atoms with van der Waals surface area (Å²) in [5.41, 5.74) is 0.968. The van der Waals surface area contributed by atoms with Gasteiger partial charge in [-0.3, -0.25) is 9.59 Å². The lowest BCUT2D eigenvalue weighted by Crippen LogP contribution is -2.49. The number of amides is 2. The first kappa shape index (κ1) is 22.0. The van der Waals surface area contributed by atoms with Gasteiger partial charge in [0.2, 0.25) is 0 Å². The summed E-state index contributed by atoms with van der Waals surface area (Å²) in [4.78, 5) is 39.2. The van der Waals surface area contributed by atoms with Gasteiger partial charge in [-0.15, -0.1) is 0 Å². The van der Waals surface area contributed by atoms with Gasteiger partial charge < -0.3 is 20.0 Å². The number of halogens is 1. The Hall–Kier alpha value is -2.71. The predicted molar refractivity (Wildman–Crippen MR) is 117 cm³/mol. The molecule has 2 amide bonds. The normalized spacial score (nSPS) is 14.1. The molecule has 3 heterocycles. The average Bonchev–Trinajstić information content (AvgIpc) is 2.76. The Morgan fingerprint density at radius 3 is 2.53 bits per heavy atom. The highest BCUT2D eigenvalue weighted by Gasteiger charge is 2.24. The van der Waals surface area contributed by atoms with E-state index in [9.17, 15) is 9.59 Å². The number of hydrogen-bond donors (Lipinski definition) is 1. The van der Waals surface area contributed by atoms with Crippen LogP contribution < -0.4 is 10.2 Å². The van der Waals surface area contributed by atoms with Gasteiger partial charge in [0.1, 0.15) is 11.0 Å². The van der Waals surface area contributed by atoms with E-state index in [1.54, 1.807) is 35.5 Å². The lowest BCUT2D eigenvalue weighted by atomic mass is 10.2. The van der Waals surface area contributed by atoms with Crippen molar-refractivity contribution in [1.82, 2.24) is 25.1 Å². The van der Waals surface area contributed by atoms with Crippen LogP contribution in [0.1, 0.15) is 27.1 Å². The summed E-state index contributed by atoms with van der Waals surface area (Å²) in [6, 6.07) is 7.04. The molecule has 0 unspecified atom stereocenters. The van der Waals surface area contributed by atoms with Crippen LogP contribution in [0.3, 0.4) is 0 Å². The predicted octanol–water partition coefficient (Wildman–Crippen LogP) is 1.77. The molecule has 160 valence electrons. The summed E-state index contributed by atoms with van der Waals surface area (Å²) >= 11 is 6.04. The molecule has 0 spiro atoms. The van der Waals surface area contributed by atoms with Crippen LogP contribution >= 0.6 is 11.6 Å². The van der Waals surface area contributed by atoms with Crippen molar-refractivity contribution in [3.05, 3.63) is 52.9 Å². The zero-order chi connectivity index (χ0) is 21.5. The highest BCUT2D eigenvalue weighted by Crippen LogP contribution is 2.18. The quantitative estimate of drug-likeness (QED) is 0.532. The van der Waals surface area contributed by atoms with Crippen molar-refractivity contribution in [2.75, 3.05) is 58.3 Å². The van der Waals surface area contributed by atoms with Crippen molar-refractivity contribution in [3.63, 3.8) is 0 Å². The maximum absolute atomic E-state index is 12.6. The first-order valence-corrected chi connectivity index (χ1v) is 10.4. The molecule has 0 atom stereocenters. The fraction of sp³-hybridized carbons (Fsp3) is 0.429. The number of carbonyl (C=O) groups is 2. The average molecular weight is 431 g/mol. The third-order valence-corrected chi connectivity index (χ3v) is 5.26. The molecule has 0 radical (unpaired) electrons. The monoisotopic (exact) mass is 430 g/mol. The Kier molecular flexibility index (Phi) is 7.59. The zero-order valence-electron chi connectivity index (χ0n) is 17.3. The number of rotatable bonds is 7. The van der Waals surface area contributed by atoms with Crippen LogP contribution in [0.15, 0.2) is 36.7 Å². The molecule has 1 aliphatic heterocycles. The van der Waals surface area contributed by atoms with Gasteiger partial charge in [0.25, 0.3) is 11.8 Å². The van der Waals surface area contributed by atoms with Crippen molar-refractivity contribution >= 4 is 29.2 Å². The number of carbonyl (C=O) groups excluding carboxylic acids is 2. The minimum Gasteiger partial charge on any atom is -0.353 e. The number of hydrogen-bond acceptors (Lipinski definition) is 6. The van der Waals surface area contributed by atoms with E-state index in [1.807, 2.05) is 20.2 Å². The van der Waals surface area contributed by atoms with E-state index < -0.39 is 0 Å². The molecule has 1 N–H and O–H groups in total. The van der Waals surface area contributed by atoms with E-state index in [0.29, 0.717) is 43.9 Å². The second-order valence-electron chi connectivity index (χ2n) is 7.44. The first-order chi connectivity index (χ1) is 14.5. The van der Waals surface area contributed by atoms with Crippen LogP contribution in [0.4, 0.5) is 5.82 Å². The Balaban J connectivity index is 1.50. The van der Waals surface area contributed by atoms with Gasteiger partial charge in [-0.1, -0.05) is 11.6 Å². The molecule has 3 rings (SSSR count). The summed E-state index contributed by atoms with van der Waals surface area (Å²) < 4.78 is 0. The molecule has 2 aromatic heterocycles. The summed E-state index contributed by atoms with van der Waals surface area (Å²) in [5, 5.41) is 3.14. The van der Waals surface area contributed by atoms with Crippen LogP contribution in [-0.4, -0.2) is 84.9 Å². The molecule has 0 aromatic carbocycles. The van der Waals surface area contributed by atoms with Gasteiger partial charge in [-0.25, -0.2) is 9.97 Å². The number of piperazine rings is 1. The molecule has 1 aliphatic rings. The SMILES string of the molecule is CN(C)CCCNC(=O)c1ccc(N2CCN(C(=O)c3cccnc3Cl)CC2)nc1. The van der Waals surface area contributed by atoms with Crippen molar-refractivity contribution in [2.45, 2.75) is 6.42 Å². The van der Waals surface area contributed by atoms with Gasteiger partial charge in [-0.2, -0.15) is 0 Å². The summed E-state index contributed by atoms with van der Waals surface area (Å²) in [5.74, 6) is 0.573. The van der Waals surface area contributed by atoms with Crippen molar-refractivity contribution in [3.8, 4) is 0 Å². The number of aromatic nitrogens is 2. The molecule has 1 fully saturated rings. The van der Waals surface area contributed by atoms with E-state index in [1.165, 1.54) is 0 Å². The van der Waals surface area contributed by atoms with Gasteiger partial charge in [-0.05, 0) is 51.3 Å². The molecule has 0 aliphatic carbocycles. The smallest absolute Gasteiger partial charge is 0.257 e. The number of pyridine rings is 2. The van der Waals surface area contributed by atoms with Gasteiger partial charge in [0.05, 0.1) is 11.1 Å². The molecule has 8 nitrogen and oxygen atoms in total. The van der Waals surface area contributed by atoms with Gasteiger partial charge in [0.15, 0.2) is 0 Å². The lowest BCUT2D eigenvalue weighted by molar-refractivity contribution is 0.0746. The van der Waals surface area contributed by atoms with E-state index in [2.05, 4.69) is 25.1 Å². The molecule has 1 saturated heterocycles. The minimum absolute atomic E-state index is 0.109. The van der Waals surface area contributed by atoms with Gasteiger partial charge in [0, 0.05) is 45.1 Å². The Labute approximate surface area is 181 Å². The molecule has 2 aromatic rings. The van der Waals surface area contributed by atoms with Crippen LogP contribution in [0.25, 0.3) is 0 Å². The Morgan fingerprint density at radius 2 is 1.90 bits per heavy atom. The van der Waals surface area contributed by atoms with Crippen LogP contribution in [0.5, 0.6) is 0 Å². The molecule has 9 heteroatoms. The van der Waals surface area contributed by atoms with Crippen molar-refractivity contribution in [2.24, 2.45) is 0 Å². The molecule has 30 heavy (non-hydrogen) atoms. The summed E-state index contributed by atoms with van der Waals surface area (Å²) in [7, 11) is 4.02. The van der Waals surface area contributed by atoms with E-state index in [0.717, 1.165) is 18.8 Å². The Bertz CT molecular complexity index is 866. The van der Waals surface area contributed by atoms with E-state index >= 15 is 0 Å². The zero-order valence-corrected chi connectivity index (χ0v) is 18.1. The second kappa shape index (κ2) is 10.4. The fourth-order valence-corrected chi connectivity index (χ4v) is 3.46. The van der Waals surface area contributed by atoms with Crippen LogP contribution in [-0.2, 0) is 0 Å². The minimum atomic E-state index is -0.114. The summed E-state index contributed by atoms with van der Waals surface area (Å²) in [6.45, 7) is 4.02. The van der Waals surface area contributed by atoms with E-state index in [-0.39, 0.29) is 17.0 Å². The largest absolute Gasteiger partial charge is 0.353 e.